The second-order valence-electron chi connectivity index (χ2n) is 5.63. The smallest absolute Gasteiger partial charge is 0.313 e. The molecule has 0 aliphatic heterocycles. The van der Waals surface area contributed by atoms with E-state index in [1.807, 2.05) is 10.8 Å². The van der Waals surface area contributed by atoms with Crippen LogP contribution in [0.5, 0.6) is 0 Å². The van der Waals surface area contributed by atoms with Crippen molar-refractivity contribution in [3.63, 3.8) is 0 Å². The molecule has 0 aliphatic rings. The maximum atomic E-state index is 11.9. The number of carbonyl (C=O) groups excluding carboxylic acids is 1. The van der Waals surface area contributed by atoms with E-state index in [4.69, 9.17) is 5.11 Å². The summed E-state index contributed by atoms with van der Waals surface area (Å²) in [5, 5.41) is 11.5. The second-order valence-corrected chi connectivity index (χ2v) is 6.62. The number of carboxylic acids is 1. The van der Waals surface area contributed by atoms with Crippen molar-refractivity contribution in [2.75, 3.05) is 11.5 Å². The fourth-order valence-corrected chi connectivity index (χ4v) is 2.15. The first kappa shape index (κ1) is 16.6. The first-order valence-electron chi connectivity index (χ1n) is 6.33. The van der Waals surface area contributed by atoms with Crippen LogP contribution in [0.1, 0.15) is 20.8 Å². The quantitative estimate of drug-likeness (QED) is 0.791. The van der Waals surface area contributed by atoms with E-state index < -0.39 is 5.97 Å². The summed E-state index contributed by atoms with van der Waals surface area (Å²) in [7, 11) is 0. The van der Waals surface area contributed by atoms with E-state index in [2.05, 4.69) is 31.1 Å². The summed E-state index contributed by atoms with van der Waals surface area (Å²) in [6.45, 7) is 6.80. The van der Waals surface area contributed by atoms with Crippen LogP contribution in [-0.2, 0) is 16.1 Å². The molecule has 0 aromatic carbocycles. The Bertz CT molecular complexity index is 440. The van der Waals surface area contributed by atoms with Crippen molar-refractivity contribution < 1.29 is 14.7 Å². The largest absolute Gasteiger partial charge is 0.481 e. The Hall–Kier alpha value is -1.50. The number of imidazole rings is 1. The molecular weight excluding hydrogens is 278 g/mol. The molecule has 1 aromatic rings. The number of amides is 1. The average Bonchev–Trinajstić information content (AvgIpc) is 2.79. The molecule has 1 atom stereocenters. The summed E-state index contributed by atoms with van der Waals surface area (Å²) >= 11 is 1.10. The molecule has 0 fully saturated rings. The van der Waals surface area contributed by atoms with Gasteiger partial charge < -0.3 is 15.0 Å². The third-order valence-corrected chi connectivity index (χ3v) is 3.71. The van der Waals surface area contributed by atoms with Crippen molar-refractivity contribution in [2.24, 2.45) is 5.41 Å². The summed E-state index contributed by atoms with van der Waals surface area (Å²) in [6.07, 6.45) is 5.26. The molecule has 20 heavy (non-hydrogen) atoms. The first-order valence-corrected chi connectivity index (χ1v) is 7.49. The predicted molar refractivity (Wildman–Crippen MR) is 78.6 cm³/mol. The van der Waals surface area contributed by atoms with Gasteiger partial charge in [0.2, 0.25) is 5.91 Å². The Morgan fingerprint density at radius 1 is 1.40 bits per heavy atom. The average molecular weight is 299 g/mol. The van der Waals surface area contributed by atoms with Gasteiger partial charge in [-0.1, -0.05) is 20.8 Å². The lowest BCUT2D eigenvalue weighted by Gasteiger charge is -2.31. The third kappa shape index (κ3) is 6.10. The van der Waals surface area contributed by atoms with Crippen molar-refractivity contribution in [3.05, 3.63) is 18.7 Å². The molecule has 1 heterocycles. The van der Waals surface area contributed by atoms with E-state index >= 15 is 0 Å². The van der Waals surface area contributed by atoms with E-state index in [0.29, 0.717) is 6.54 Å². The molecule has 0 radical (unpaired) electrons. The highest BCUT2D eigenvalue weighted by Crippen LogP contribution is 2.21. The van der Waals surface area contributed by atoms with Crippen LogP contribution in [0.2, 0.25) is 0 Å². The van der Waals surface area contributed by atoms with Gasteiger partial charge in [-0.15, -0.1) is 11.8 Å². The van der Waals surface area contributed by atoms with Gasteiger partial charge in [0, 0.05) is 18.9 Å². The molecular formula is C13H21N3O3S. The highest BCUT2D eigenvalue weighted by Gasteiger charge is 2.26. The second kappa shape index (κ2) is 7.33. The molecule has 112 valence electrons. The zero-order chi connectivity index (χ0) is 15.2. The summed E-state index contributed by atoms with van der Waals surface area (Å²) in [5.41, 5.74) is -0.0998. The molecule has 1 aromatic heterocycles. The number of hydrogen-bond acceptors (Lipinski definition) is 4. The molecule has 0 spiro atoms. The van der Waals surface area contributed by atoms with E-state index in [0.717, 1.165) is 11.8 Å². The van der Waals surface area contributed by atoms with Crippen LogP contribution in [0.3, 0.4) is 0 Å². The molecule has 1 rings (SSSR count). The van der Waals surface area contributed by atoms with Gasteiger partial charge >= 0.3 is 5.97 Å². The highest BCUT2D eigenvalue weighted by molar-refractivity contribution is 8.00. The summed E-state index contributed by atoms with van der Waals surface area (Å²) in [6, 6.07) is -0.0466. The molecule has 0 saturated carbocycles. The van der Waals surface area contributed by atoms with Crippen LogP contribution >= 0.6 is 11.8 Å². The summed E-state index contributed by atoms with van der Waals surface area (Å²) in [5.74, 6) is -0.956. The van der Waals surface area contributed by atoms with Crippen LogP contribution in [0.25, 0.3) is 0 Å². The van der Waals surface area contributed by atoms with Crippen LogP contribution in [0.4, 0.5) is 0 Å². The van der Waals surface area contributed by atoms with Crippen LogP contribution in [0.15, 0.2) is 18.7 Å². The lowest BCUT2D eigenvalue weighted by molar-refractivity contribution is -0.133. The third-order valence-electron chi connectivity index (χ3n) is 2.79. The number of aliphatic carboxylic acids is 1. The standard InChI is InChI=1S/C13H21N3O3S/c1-13(2,3)10(6-16-5-4-14-9-16)15-11(17)7-20-8-12(18)19/h4-5,9-10H,6-8H2,1-3H3,(H,15,17)(H,18,19). The van der Waals surface area contributed by atoms with Crippen molar-refractivity contribution in [1.82, 2.24) is 14.9 Å². The molecule has 0 bridgehead atoms. The summed E-state index contributed by atoms with van der Waals surface area (Å²) < 4.78 is 1.92. The Morgan fingerprint density at radius 3 is 2.60 bits per heavy atom. The predicted octanol–water partition coefficient (Wildman–Crippen LogP) is 1.23. The SMILES string of the molecule is CC(C)(C)C(Cn1ccnc1)NC(=O)CSCC(=O)O. The zero-order valence-electron chi connectivity index (χ0n) is 12.0. The normalized spacial score (nSPS) is 12.9. The summed E-state index contributed by atoms with van der Waals surface area (Å²) in [4.78, 5) is 26.3. The van der Waals surface area contributed by atoms with Crippen molar-refractivity contribution in [2.45, 2.75) is 33.4 Å². The molecule has 0 saturated heterocycles. The number of carboxylic acid groups (broad SMARTS) is 1. The zero-order valence-corrected chi connectivity index (χ0v) is 12.8. The minimum Gasteiger partial charge on any atom is -0.481 e. The van der Waals surface area contributed by atoms with Gasteiger partial charge in [-0.2, -0.15) is 0 Å². The Morgan fingerprint density at radius 2 is 2.10 bits per heavy atom. The molecule has 7 heteroatoms. The van der Waals surface area contributed by atoms with Crippen LogP contribution in [0, 0.1) is 5.41 Å². The minimum atomic E-state index is -0.909. The number of nitrogens with zero attached hydrogens (tertiary/aromatic N) is 2. The van der Waals surface area contributed by atoms with Gasteiger partial charge in [0.15, 0.2) is 0 Å². The lowest BCUT2D eigenvalue weighted by atomic mass is 9.86. The molecule has 1 amide bonds. The van der Waals surface area contributed by atoms with Crippen LogP contribution < -0.4 is 5.32 Å². The van der Waals surface area contributed by atoms with E-state index in [1.54, 1.807) is 12.5 Å². The van der Waals surface area contributed by atoms with Crippen LogP contribution in [-0.4, -0.2) is 44.1 Å². The van der Waals surface area contributed by atoms with Crippen molar-refractivity contribution in [3.8, 4) is 0 Å². The highest BCUT2D eigenvalue weighted by atomic mass is 32.2. The monoisotopic (exact) mass is 299 g/mol. The number of hydrogen-bond donors (Lipinski definition) is 2. The first-order chi connectivity index (χ1) is 9.29. The maximum Gasteiger partial charge on any atom is 0.313 e. The number of thioether (sulfide) groups is 1. The molecule has 1 unspecified atom stereocenters. The van der Waals surface area contributed by atoms with Gasteiger partial charge in [0.25, 0.3) is 0 Å². The van der Waals surface area contributed by atoms with Crippen molar-refractivity contribution in [1.29, 1.82) is 0 Å². The maximum absolute atomic E-state index is 11.9. The van der Waals surface area contributed by atoms with Gasteiger partial charge in [-0.25, -0.2) is 4.98 Å². The Balaban J connectivity index is 2.52. The Labute approximate surface area is 123 Å². The fraction of sp³-hybridized carbons (Fsp3) is 0.615. The topological polar surface area (TPSA) is 84.2 Å². The molecule has 6 nitrogen and oxygen atoms in total. The minimum absolute atomic E-state index is 0.0466. The van der Waals surface area contributed by atoms with E-state index in [1.165, 1.54) is 0 Å². The molecule has 2 N–H and O–H groups in total. The lowest BCUT2D eigenvalue weighted by Crippen LogP contribution is -2.47. The van der Waals surface area contributed by atoms with Gasteiger partial charge in [-0.05, 0) is 5.41 Å². The van der Waals surface area contributed by atoms with E-state index in [-0.39, 0.29) is 28.9 Å². The number of nitrogens with one attached hydrogen (secondary N) is 1. The van der Waals surface area contributed by atoms with Gasteiger partial charge in [0.05, 0.1) is 23.9 Å². The van der Waals surface area contributed by atoms with Gasteiger partial charge in [-0.3, -0.25) is 9.59 Å². The molecule has 0 aliphatic carbocycles. The fourth-order valence-electron chi connectivity index (χ4n) is 1.61. The van der Waals surface area contributed by atoms with Crippen molar-refractivity contribution >= 4 is 23.6 Å². The number of aromatic nitrogens is 2. The van der Waals surface area contributed by atoms with E-state index in [9.17, 15) is 9.59 Å². The number of carbonyl (C=O) groups is 2. The number of rotatable bonds is 7. The van der Waals surface area contributed by atoms with Gasteiger partial charge in [0.1, 0.15) is 0 Å². The Kier molecular flexibility index (Phi) is 6.06.